The number of pyridine rings is 1. The number of nitrogens with zero attached hydrogens (tertiary/aromatic N) is 1. The van der Waals surface area contributed by atoms with Gasteiger partial charge >= 0.3 is 0 Å². The second-order valence-corrected chi connectivity index (χ2v) is 7.33. The maximum atomic E-state index is 13.2. The van der Waals surface area contributed by atoms with Crippen LogP contribution in [0, 0.1) is 0 Å². The summed E-state index contributed by atoms with van der Waals surface area (Å²) in [7, 11) is 0. The van der Waals surface area contributed by atoms with E-state index in [1.807, 2.05) is 24.3 Å². The Morgan fingerprint density at radius 3 is 2.79 bits per heavy atom. The summed E-state index contributed by atoms with van der Waals surface area (Å²) in [4.78, 5) is 30.0. The molecule has 2 N–H and O–H groups in total. The number of fused-ring (bicyclic) bond motifs is 1. The zero-order chi connectivity index (χ0) is 20.2. The Bertz CT molecular complexity index is 1040. The van der Waals surface area contributed by atoms with Gasteiger partial charge in [0.15, 0.2) is 0 Å². The normalized spacial score (nSPS) is 17.1. The number of ether oxygens (including phenoxy) is 1. The van der Waals surface area contributed by atoms with E-state index in [1.165, 1.54) is 0 Å². The van der Waals surface area contributed by atoms with Gasteiger partial charge in [-0.15, -0.1) is 0 Å². The summed E-state index contributed by atoms with van der Waals surface area (Å²) in [5.74, 6) is -0.685. The molecule has 29 heavy (non-hydrogen) atoms. The molecule has 4 rings (SSSR count). The van der Waals surface area contributed by atoms with Crippen molar-refractivity contribution in [2.24, 2.45) is 0 Å². The molecular weight excluding hydrogens is 390 g/mol. The minimum absolute atomic E-state index is 0.307. The molecule has 1 aromatic heterocycles. The van der Waals surface area contributed by atoms with Gasteiger partial charge in [0.25, 0.3) is 5.91 Å². The van der Waals surface area contributed by atoms with E-state index in [2.05, 4.69) is 15.6 Å². The van der Waals surface area contributed by atoms with Gasteiger partial charge in [0, 0.05) is 28.6 Å². The Morgan fingerprint density at radius 1 is 1.14 bits per heavy atom. The molecule has 1 aliphatic rings. The molecule has 2 heterocycles. The Hall–Kier alpha value is -2.96. The lowest BCUT2D eigenvalue weighted by Crippen LogP contribution is -2.42. The van der Waals surface area contributed by atoms with Crippen molar-refractivity contribution in [2.45, 2.75) is 25.0 Å². The number of aromatic nitrogens is 1. The summed E-state index contributed by atoms with van der Waals surface area (Å²) in [5, 5.41) is 7.98. The molecule has 2 aromatic carbocycles. The third-order valence-corrected chi connectivity index (χ3v) is 5.11. The van der Waals surface area contributed by atoms with Crippen LogP contribution < -0.4 is 10.6 Å². The lowest BCUT2D eigenvalue weighted by molar-refractivity contribution is -0.133. The van der Waals surface area contributed by atoms with Crippen LogP contribution in [0.15, 0.2) is 60.9 Å². The molecule has 1 fully saturated rings. The molecule has 2 atom stereocenters. The minimum atomic E-state index is -0.913. The van der Waals surface area contributed by atoms with E-state index in [0.717, 1.165) is 17.2 Å². The van der Waals surface area contributed by atoms with E-state index in [0.29, 0.717) is 29.3 Å². The predicted molar refractivity (Wildman–Crippen MR) is 112 cm³/mol. The van der Waals surface area contributed by atoms with Crippen LogP contribution in [-0.2, 0) is 14.3 Å². The van der Waals surface area contributed by atoms with Gasteiger partial charge < -0.3 is 15.4 Å². The Labute approximate surface area is 173 Å². The van der Waals surface area contributed by atoms with Crippen molar-refractivity contribution in [2.75, 3.05) is 11.9 Å². The van der Waals surface area contributed by atoms with Crippen molar-refractivity contribution in [3.63, 3.8) is 0 Å². The van der Waals surface area contributed by atoms with Crippen molar-refractivity contribution in [1.29, 1.82) is 0 Å². The van der Waals surface area contributed by atoms with E-state index in [1.54, 1.807) is 36.7 Å². The third-order valence-electron chi connectivity index (χ3n) is 4.88. The summed E-state index contributed by atoms with van der Waals surface area (Å²) in [6.07, 6.45) is 4.26. The van der Waals surface area contributed by atoms with E-state index >= 15 is 0 Å². The zero-order valence-corrected chi connectivity index (χ0v) is 16.4. The van der Waals surface area contributed by atoms with Gasteiger partial charge in [-0.3, -0.25) is 14.6 Å². The number of nitrogens with one attached hydrogen (secondary N) is 2. The van der Waals surface area contributed by atoms with E-state index in [9.17, 15) is 9.59 Å². The number of carbonyl (C=O) groups is 2. The van der Waals surface area contributed by atoms with Crippen LogP contribution in [-0.4, -0.2) is 29.5 Å². The van der Waals surface area contributed by atoms with Gasteiger partial charge in [-0.25, -0.2) is 0 Å². The zero-order valence-electron chi connectivity index (χ0n) is 15.6. The standard InChI is InChI=1S/C22H20ClN3O3/c23-16-7-3-6-14(11-16)20(26-21(27)19-9-4-10-29-19)22(28)25-18-13-24-12-15-5-1-2-8-17(15)18/h1-3,5-8,11-13,19-20H,4,9-10H2,(H,25,28)(H,26,27)/t19-,20?/m0/s1. The molecule has 0 spiro atoms. The smallest absolute Gasteiger partial charge is 0.251 e. The molecule has 1 aliphatic heterocycles. The number of amides is 2. The Kier molecular flexibility index (Phi) is 5.74. The van der Waals surface area contributed by atoms with Crippen LogP contribution in [0.3, 0.4) is 0 Å². The average Bonchev–Trinajstić information content (AvgIpc) is 3.27. The molecular formula is C22H20ClN3O3. The average molecular weight is 410 g/mol. The third kappa shape index (κ3) is 4.39. The Balaban J connectivity index is 1.62. The highest BCUT2D eigenvalue weighted by Crippen LogP contribution is 2.25. The monoisotopic (exact) mass is 409 g/mol. The molecule has 7 heteroatoms. The van der Waals surface area contributed by atoms with Crippen molar-refractivity contribution in [3.8, 4) is 0 Å². The maximum absolute atomic E-state index is 13.2. The molecule has 0 bridgehead atoms. The number of carbonyl (C=O) groups excluding carboxylic acids is 2. The topological polar surface area (TPSA) is 80.3 Å². The molecule has 0 radical (unpaired) electrons. The molecule has 0 saturated carbocycles. The van der Waals surface area contributed by atoms with Gasteiger partial charge in [-0.2, -0.15) is 0 Å². The molecule has 0 aliphatic carbocycles. The largest absolute Gasteiger partial charge is 0.368 e. The highest BCUT2D eigenvalue weighted by Gasteiger charge is 2.29. The van der Waals surface area contributed by atoms with Crippen LogP contribution >= 0.6 is 11.6 Å². The first-order valence-electron chi connectivity index (χ1n) is 9.43. The summed E-state index contributed by atoms with van der Waals surface area (Å²) in [5.41, 5.74) is 1.17. The van der Waals surface area contributed by atoms with Gasteiger partial charge in [0.1, 0.15) is 12.1 Å². The van der Waals surface area contributed by atoms with Crippen LogP contribution in [0.2, 0.25) is 5.02 Å². The van der Waals surface area contributed by atoms with Crippen molar-refractivity contribution in [3.05, 3.63) is 71.5 Å². The first-order valence-corrected chi connectivity index (χ1v) is 9.80. The van der Waals surface area contributed by atoms with Crippen LogP contribution in [0.25, 0.3) is 10.8 Å². The van der Waals surface area contributed by atoms with Gasteiger partial charge in [-0.1, -0.05) is 48.0 Å². The molecule has 3 aromatic rings. The number of hydrogen-bond donors (Lipinski definition) is 2. The molecule has 2 amide bonds. The molecule has 1 saturated heterocycles. The van der Waals surface area contributed by atoms with Gasteiger partial charge in [0.2, 0.25) is 5.91 Å². The lowest BCUT2D eigenvalue weighted by Gasteiger charge is -2.21. The second kappa shape index (κ2) is 8.59. The fourth-order valence-corrected chi connectivity index (χ4v) is 3.63. The summed E-state index contributed by atoms with van der Waals surface area (Å²) in [6.45, 7) is 0.549. The number of halogens is 1. The number of benzene rings is 2. The van der Waals surface area contributed by atoms with Crippen LogP contribution in [0.1, 0.15) is 24.4 Å². The van der Waals surface area contributed by atoms with Gasteiger partial charge in [-0.05, 0) is 30.5 Å². The van der Waals surface area contributed by atoms with Crippen molar-refractivity contribution < 1.29 is 14.3 Å². The molecule has 6 nitrogen and oxygen atoms in total. The number of anilines is 1. The predicted octanol–water partition coefficient (Wildman–Crippen LogP) is 3.86. The fourth-order valence-electron chi connectivity index (χ4n) is 3.43. The van der Waals surface area contributed by atoms with Crippen molar-refractivity contribution >= 4 is 39.9 Å². The van der Waals surface area contributed by atoms with E-state index in [4.69, 9.17) is 16.3 Å². The minimum Gasteiger partial charge on any atom is -0.368 e. The lowest BCUT2D eigenvalue weighted by atomic mass is 10.0. The van der Waals surface area contributed by atoms with E-state index < -0.39 is 12.1 Å². The maximum Gasteiger partial charge on any atom is 0.251 e. The highest BCUT2D eigenvalue weighted by molar-refractivity contribution is 6.30. The summed E-state index contributed by atoms with van der Waals surface area (Å²) in [6, 6.07) is 13.6. The fraction of sp³-hybridized carbons (Fsp3) is 0.227. The highest BCUT2D eigenvalue weighted by atomic mass is 35.5. The SMILES string of the molecule is O=C(Nc1cncc2ccccc12)C(NC(=O)[C@@H]1CCCO1)c1cccc(Cl)c1. The molecule has 1 unspecified atom stereocenters. The summed E-state index contributed by atoms with van der Waals surface area (Å²) < 4.78 is 5.45. The van der Waals surface area contributed by atoms with E-state index in [-0.39, 0.29) is 11.8 Å². The number of rotatable bonds is 5. The van der Waals surface area contributed by atoms with Crippen molar-refractivity contribution in [1.82, 2.24) is 10.3 Å². The number of hydrogen-bond acceptors (Lipinski definition) is 4. The molecule has 148 valence electrons. The van der Waals surface area contributed by atoms with Crippen LogP contribution in [0.5, 0.6) is 0 Å². The Morgan fingerprint density at radius 2 is 2.00 bits per heavy atom. The van der Waals surface area contributed by atoms with Crippen LogP contribution in [0.4, 0.5) is 5.69 Å². The quantitative estimate of drug-likeness (QED) is 0.670. The summed E-state index contributed by atoms with van der Waals surface area (Å²) >= 11 is 6.12. The first-order chi connectivity index (χ1) is 14.1. The second-order valence-electron chi connectivity index (χ2n) is 6.90. The first kappa shape index (κ1) is 19.4. The van der Waals surface area contributed by atoms with Gasteiger partial charge in [0.05, 0.1) is 11.9 Å².